The molecule has 0 spiro atoms. The van der Waals surface area contributed by atoms with Crippen LogP contribution in [0.25, 0.3) is 0 Å². The quantitative estimate of drug-likeness (QED) is 0.256. The average molecular weight is 348 g/mol. The molecule has 1 rings (SSSR count). The Morgan fingerprint density at radius 1 is 0.680 bits per heavy atom. The first-order chi connectivity index (χ1) is 12.4. The Hall–Kier alpha value is -0.720. The van der Waals surface area contributed by atoms with Gasteiger partial charge in [-0.1, -0.05) is 117 Å². The van der Waals surface area contributed by atoms with Crippen molar-refractivity contribution in [1.82, 2.24) is 4.98 Å². The molecule has 1 unspecified atom stereocenters. The summed E-state index contributed by atoms with van der Waals surface area (Å²) in [5.74, 6) is 0.905. The predicted molar refractivity (Wildman–Crippen MR) is 113 cm³/mol. The summed E-state index contributed by atoms with van der Waals surface area (Å²) in [6.45, 7) is 4.60. The van der Waals surface area contributed by atoms with E-state index in [1.54, 1.807) is 0 Å². The second kappa shape index (κ2) is 16.7. The molecule has 0 bridgehead atoms. The highest BCUT2D eigenvalue weighted by molar-refractivity contribution is 5.09. The third kappa shape index (κ3) is 13.2. The summed E-state index contributed by atoms with van der Waals surface area (Å²) in [4.78, 5) is 3.23. The van der Waals surface area contributed by atoms with Crippen LogP contribution in [0.5, 0.6) is 0 Å². The molecule has 0 amide bonds. The van der Waals surface area contributed by atoms with Gasteiger partial charge in [0.1, 0.15) is 0 Å². The lowest BCUT2D eigenvalue weighted by Crippen LogP contribution is -2.05. The van der Waals surface area contributed by atoms with Gasteiger partial charge in [0.2, 0.25) is 0 Å². The molecular formula is C24H45N. The van der Waals surface area contributed by atoms with Crippen LogP contribution in [0.2, 0.25) is 0 Å². The maximum Gasteiger partial charge on any atom is 0.00374 e. The minimum atomic E-state index is 0.905. The number of aromatic amines is 1. The third-order valence-corrected chi connectivity index (χ3v) is 5.62. The largest absolute Gasteiger partial charge is 0.367 e. The van der Waals surface area contributed by atoms with E-state index in [1.165, 1.54) is 115 Å². The normalized spacial score (nSPS) is 12.6. The highest BCUT2D eigenvalue weighted by Gasteiger charge is 2.10. The number of H-pyrrole nitrogens is 1. The summed E-state index contributed by atoms with van der Waals surface area (Å²) in [5.41, 5.74) is 1.51. The molecule has 0 fully saturated rings. The Morgan fingerprint density at radius 2 is 1.16 bits per heavy atom. The zero-order valence-electron chi connectivity index (χ0n) is 17.3. The van der Waals surface area contributed by atoms with Gasteiger partial charge in [-0.3, -0.25) is 0 Å². The van der Waals surface area contributed by atoms with Crippen molar-refractivity contribution in [3.63, 3.8) is 0 Å². The van der Waals surface area contributed by atoms with Crippen LogP contribution in [0, 0.1) is 5.92 Å². The van der Waals surface area contributed by atoms with Gasteiger partial charge in [0.05, 0.1) is 0 Å². The third-order valence-electron chi connectivity index (χ3n) is 5.62. The first kappa shape index (κ1) is 22.3. The van der Waals surface area contributed by atoms with E-state index in [-0.39, 0.29) is 0 Å². The van der Waals surface area contributed by atoms with Crippen molar-refractivity contribution >= 4 is 0 Å². The fraction of sp³-hybridized carbons (Fsp3) is 0.833. The predicted octanol–water partition coefficient (Wildman–Crippen LogP) is 8.45. The number of hydrogen-bond donors (Lipinski definition) is 1. The SMILES string of the molecule is CCCCCCCCCCC(CCCCCCCC)Cc1cc[nH]c1. The first-order valence-corrected chi connectivity index (χ1v) is 11.5. The molecule has 0 radical (unpaired) electrons. The van der Waals surface area contributed by atoms with Crippen molar-refractivity contribution in [2.75, 3.05) is 0 Å². The zero-order valence-corrected chi connectivity index (χ0v) is 17.3. The fourth-order valence-electron chi connectivity index (χ4n) is 3.95. The van der Waals surface area contributed by atoms with Gasteiger partial charge in [-0.2, -0.15) is 0 Å². The number of unbranched alkanes of at least 4 members (excludes halogenated alkanes) is 12. The zero-order chi connectivity index (χ0) is 18.0. The molecule has 0 aromatic carbocycles. The van der Waals surface area contributed by atoms with E-state index in [9.17, 15) is 0 Å². The topological polar surface area (TPSA) is 15.8 Å². The Balaban J connectivity index is 2.13. The van der Waals surface area contributed by atoms with Crippen molar-refractivity contribution in [2.24, 2.45) is 5.92 Å². The lowest BCUT2D eigenvalue weighted by molar-refractivity contribution is 0.400. The Kier molecular flexibility index (Phi) is 14.9. The van der Waals surface area contributed by atoms with E-state index in [4.69, 9.17) is 0 Å². The van der Waals surface area contributed by atoms with Crippen molar-refractivity contribution < 1.29 is 0 Å². The molecule has 146 valence electrons. The maximum atomic E-state index is 3.23. The molecule has 0 saturated heterocycles. The Morgan fingerprint density at radius 3 is 1.60 bits per heavy atom. The number of aromatic nitrogens is 1. The molecule has 1 heteroatoms. The van der Waals surface area contributed by atoms with Crippen LogP contribution in [0.15, 0.2) is 18.5 Å². The van der Waals surface area contributed by atoms with E-state index in [1.807, 2.05) is 0 Å². The van der Waals surface area contributed by atoms with Crippen LogP contribution in [-0.4, -0.2) is 4.98 Å². The average Bonchev–Trinajstić information content (AvgIpc) is 3.13. The van der Waals surface area contributed by atoms with Crippen molar-refractivity contribution in [2.45, 2.75) is 123 Å². The van der Waals surface area contributed by atoms with Crippen molar-refractivity contribution in [1.29, 1.82) is 0 Å². The van der Waals surface area contributed by atoms with Crippen molar-refractivity contribution in [3.8, 4) is 0 Å². The van der Waals surface area contributed by atoms with Gasteiger partial charge in [0, 0.05) is 12.4 Å². The van der Waals surface area contributed by atoms with Crippen LogP contribution >= 0.6 is 0 Å². The summed E-state index contributed by atoms with van der Waals surface area (Å²) >= 11 is 0. The monoisotopic (exact) mass is 347 g/mol. The molecule has 1 aromatic rings. The maximum absolute atomic E-state index is 3.23. The highest BCUT2D eigenvalue weighted by atomic mass is 14.6. The molecule has 1 nitrogen and oxygen atoms in total. The van der Waals surface area contributed by atoms with Gasteiger partial charge in [-0.05, 0) is 24.0 Å². The summed E-state index contributed by atoms with van der Waals surface area (Å²) in [7, 11) is 0. The van der Waals surface area contributed by atoms with Gasteiger partial charge in [-0.15, -0.1) is 0 Å². The van der Waals surface area contributed by atoms with Crippen LogP contribution in [0.4, 0.5) is 0 Å². The van der Waals surface area contributed by atoms with E-state index in [0.717, 1.165) is 5.92 Å². The van der Waals surface area contributed by atoms with E-state index >= 15 is 0 Å². The summed E-state index contributed by atoms with van der Waals surface area (Å²) in [6.07, 6.45) is 28.5. The summed E-state index contributed by atoms with van der Waals surface area (Å²) in [5, 5.41) is 0. The van der Waals surface area contributed by atoms with Gasteiger partial charge in [0.15, 0.2) is 0 Å². The molecule has 0 aliphatic rings. The van der Waals surface area contributed by atoms with E-state index in [0.29, 0.717) is 0 Å². The van der Waals surface area contributed by atoms with E-state index < -0.39 is 0 Å². The molecule has 25 heavy (non-hydrogen) atoms. The van der Waals surface area contributed by atoms with Crippen LogP contribution in [-0.2, 0) is 6.42 Å². The lowest BCUT2D eigenvalue weighted by atomic mass is 9.89. The standard InChI is InChI=1S/C24H45N/c1-3-5-7-9-11-12-14-16-18-23(21-24-19-20-25-22-24)17-15-13-10-8-6-4-2/h19-20,22-23,25H,3-18,21H2,1-2H3. The number of rotatable bonds is 18. The molecule has 1 N–H and O–H groups in total. The Bertz CT molecular complexity index is 354. The first-order valence-electron chi connectivity index (χ1n) is 11.5. The smallest absolute Gasteiger partial charge is 0.00374 e. The molecule has 0 aliphatic heterocycles. The van der Waals surface area contributed by atoms with Crippen molar-refractivity contribution in [3.05, 3.63) is 24.0 Å². The molecule has 0 saturated carbocycles. The lowest BCUT2D eigenvalue weighted by Gasteiger charge is -2.16. The molecular weight excluding hydrogens is 302 g/mol. The summed E-state index contributed by atoms with van der Waals surface area (Å²) < 4.78 is 0. The van der Waals surface area contributed by atoms with Gasteiger partial charge < -0.3 is 4.98 Å². The van der Waals surface area contributed by atoms with Gasteiger partial charge >= 0.3 is 0 Å². The minimum absolute atomic E-state index is 0.905. The minimum Gasteiger partial charge on any atom is -0.367 e. The van der Waals surface area contributed by atoms with Crippen LogP contribution in [0.3, 0.4) is 0 Å². The van der Waals surface area contributed by atoms with Gasteiger partial charge in [-0.25, -0.2) is 0 Å². The number of nitrogens with one attached hydrogen (secondary N) is 1. The number of hydrogen-bond acceptors (Lipinski definition) is 0. The molecule has 1 heterocycles. The summed E-state index contributed by atoms with van der Waals surface area (Å²) in [6, 6.07) is 2.27. The Labute approximate surface area is 158 Å². The van der Waals surface area contributed by atoms with Crippen LogP contribution < -0.4 is 0 Å². The highest BCUT2D eigenvalue weighted by Crippen LogP contribution is 2.23. The van der Waals surface area contributed by atoms with Gasteiger partial charge in [0.25, 0.3) is 0 Å². The van der Waals surface area contributed by atoms with Crippen LogP contribution in [0.1, 0.15) is 122 Å². The molecule has 1 aromatic heterocycles. The second-order valence-electron chi connectivity index (χ2n) is 8.11. The van der Waals surface area contributed by atoms with E-state index in [2.05, 4.69) is 37.3 Å². The fourth-order valence-corrected chi connectivity index (χ4v) is 3.95. The second-order valence-corrected chi connectivity index (χ2v) is 8.11. The molecule has 1 atom stereocenters. The molecule has 0 aliphatic carbocycles.